The molecule has 96 valence electrons. The van der Waals surface area contributed by atoms with E-state index in [9.17, 15) is 0 Å². The van der Waals surface area contributed by atoms with Crippen LogP contribution >= 0.6 is 49.9 Å². The number of hydrogen-bond donors (Lipinski definition) is 1. The molecule has 0 aliphatic rings. The van der Waals surface area contributed by atoms with Crippen molar-refractivity contribution in [2.24, 2.45) is 0 Å². The number of hydrogen-bond acceptors (Lipinski definition) is 2. The molecule has 0 radical (unpaired) electrons. The first-order valence-electron chi connectivity index (χ1n) is 5.77. The van der Waals surface area contributed by atoms with Gasteiger partial charge >= 0.3 is 0 Å². The highest BCUT2D eigenvalue weighted by Crippen LogP contribution is 2.32. The quantitative estimate of drug-likeness (QED) is 0.671. The van der Waals surface area contributed by atoms with Crippen LogP contribution in [0, 0.1) is 10.5 Å². The largest absolute Gasteiger partial charge is 0.312 e. The van der Waals surface area contributed by atoms with Gasteiger partial charge in [0, 0.05) is 14.5 Å². The SMILES string of the molecule is CNC(Cc1ccc(I)cc1)c1cc(C)c(Br)s1. The summed E-state index contributed by atoms with van der Waals surface area (Å²) in [6.45, 7) is 2.14. The molecule has 4 heteroatoms. The Kier molecular flexibility index (Phi) is 5.24. The van der Waals surface area contributed by atoms with E-state index in [4.69, 9.17) is 0 Å². The average molecular weight is 436 g/mol. The Balaban J connectivity index is 2.16. The zero-order valence-electron chi connectivity index (χ0n) is 10.3. The van der Waals surface area contributed by atoms with Crippen LogP contribution in [0.1, 0.15) is 22.0 Å². The van der Waals surface area contributed by atoms with Gasteiger partial charge in [-0.25, -0.2) is 0 Å². The minimum absolute atomic E-state index is 0.389. The minimum Gasteiger partial charge on any atom is -0.312 e. The Morgan fingerprint density at radius 3 is 2.50 bits per heavy atom. The number of benzene rings is 1. The second-order valence-electron chi connectivity index (χ2n) is 4.28. The van der Waals surface area contributed by atoms with Gasteiger partial charge in [0.1, 0.15) is 0 Å². The van der Waals surface area contributed by atoms with E-state index in [-0.39, 0.29) is 0 Å². The van der Waals surface area contributed by atoms with Gasteiger partial charge in [0.15, 0.2) is 0 Å². The van der Waals surface area contributed by atoms with Crippen LogP contribution in [0.5, 0.6) is 0 Å². The molecule has 2 aromatic rings. The fourth-order valence-corrected chi connectivity index (χ4v) is 3.90. The molecule has 1 atom stereocenters. The molecule has 0 spiro atoms. The molecule has 2 rings (SSSR count). The van der Waals surface area contributed by atoms with Crippen LogP contribution < -0.4 is 5.32 Å². The predicted octanol–water partition coefficient (Wildman–Crippen LogP) is 4.93. The van der Waals surface area contributed by atoms with Gasteiger partial charge in [0.25, 0.3) is 0 Å². The second-order valence-corrected chi connectivity index (χ2v) is 7.92. The number of halogens is 2. The van der Waals surface area contributed by atoms with E-state index >= 15 is 0 Å². The lowest BCUT2D eigenvalue weighted by Crippen LogP contribution is -2.17. The fourth-order valence-electron chi connectivity index (χ4n) is 1.86. The van der Waals surface area contributed by atoms with Crippen molar-refractivity contribution in [2.75, 3.05) is 7.05 Å². The third-order valence-corrected chi connectivity index (χ3v) is 5.89. The second kappa shape index (κ2) is 6.50. The summed E-state index contributed by atoms with van der Waals surface area (Å²) in [4.78, 5) is 1.39. The summed E-state index contributed by atoms with van der Waals surface area (Å²) in [5, 5.41) is 3.41. The van der Waals surface area contributed by atoms with E-state index in [1.165, 1.54) is 23.4 Å². The number of aryl methyl sites for hydroxylation is 1. The molecule has 1 aromatic carbocycles. The normalized spacial score (nSPS) is 12.7. The first kappa shape index (κ1) is 14.5. The van der Waals surface area contributed by atoms with E-state index in [0.717, 1.165) is 6.42 Å². The van der Waals surface area contributed by atoms with Crippen molar-refractivity contribution in [2.45, 2.75) is 19.4 Å². The molecule has 0 amide bonds. The maximum absolute atomic E-state index is 3.60. The number of thiophene rings is 1. The standard InChI is InChI=1S/C14H15BrINS/c1-9-7-13(18-14(9)15)12(17-2)8-10-3-5-11(16)6-4-10/h3-7,12,17H,8H2,1-2H3. The van der Waals surface area contributed by atoms with Gasteiger partial charge in [0.05, 0.1) is 3.79 Å². The maximum atomic E-state index is 3.60. The van der Waals surface area contributed by atoms with Gasteiger partial charge in [0.2, 0.25) is 0 Å². The van der Waals surface area contributed by atoms with Crippen molar-refractivity contribution in [1.82, 2.24) is 5.32 Å². The van der Waals surface area contributed by atoms with E-state index in [1.54, 1.807) is 0 Å². The van der Waals surface area contributed by atoms with Crippen LogP contribution in [-0.4, -0.2) is 7.05 Å². The molecular formula is C14H15BrINS. The Bertz CT molecular complexity index is 502. The molecule has 0 saturated heterocycles. The Morgan fingerprint density at radius 2 is 2.00 bits per heavy atom. The zero-order valence-corrected chi connectivity index (χ0v) is 14.9. The minimum atomic E-state index is 0.389. The fraction of sp³-hybridized carbons (Fsp3) is 0.286. The van der Waals surface area contributed by atoms with Gasteiger partial charge in [-0.2, -0.15) is 0 Å². The smallest absolute Gasteiger partial charge is 0.0731 e. The molecule has 18 heavy (non-hydrogen) atoms. The van der Waals surface area contributed by atoms with Crippen LogP contribution in [0.2, 0.25) is 0 Å². The Hall–Kier alpha value is 0.0900. The molecule has 1 unspecified atom stereocenters. The van der Waals surface area contributed by atoms with Gasteiger partial charge in [-0.15, -0.1) is 11.3 Å². The molecule has 1 heterocycles. The van der Waals surface area contributed by atoms with Crippen molar-refractivity contribution < 1.29 is 0 Å². The number of nitrogens with one attached hydrogen (secondary N) is 1. The Labute approximate surface area is 134 Å². The summed E-state index contributed by atoms with van der Waals surface area (Å²) in [6.07, 6.45) is 1.03. The lowest BCUT2D eigenvalue weighted by Gasteiger charge is -2.14. The van der Waals surface area contributed by atoms with Crippen molar-refractivity contribution in [3.05, 3.63) is 53.7 Å². The summed E-state index contributed by atoms with van der Waals surface area (Å²) in [5.74, 6) is 0. The highest BCUT2D eigenvalue weighted by Gasteiger charge is 2.14. The first-order chi connectivity index (χ1) is 8.60. The van der Waals surface area contributed by atoms with Crippen molar-refractivity contribution in [1.29, 1.82) is 0 Å². The Morgan fingerprint density at radius 1 is 1.33 bits per heavy atom. The highest BCUT2D eigenvalue weighted by atomic mass is 127. The van der Waals surface area contributed by atoms with Gasteiger partial charge in [-0.05, 0) is 88.2 Å². The molecule has 1 N–H and O–H groups in total. The number of rotatable bonds is 4. The first-order valence-corrected chi connectivity index (χ1v) is 8.46. The van der Waals surface area contributed by atoms with Crippen LogP contribution in [0.25, 0.3) is 0 Å². The molecule has 0 bridgehead atoms. The summed E-state index contributed by atoms with van der Waals surface area (Å²) < 4.78 is 2.52. The molecule has 0 fully saturated rings. The van der Waals surface area contributed by atoms with Crippen LogP contribution in [0.15, 0.2) is 34.1 Å². The molecule has 1 aromatic heterocycles. The summed E-state index contributed by atoms with van der Waals surface area (Å²) in [7, 11) is 2.03. The highest BCUT2D eigenvalue weighted by molar-refractivity contribution is 14.1. The summed E-state index contributed by atoms with van der Waals surface area (Å²) in [6, 6.07) is 11.4. The molecular weight excluding hydrogens is 421 g/mol. The predicted molar refractivity (Wildman–Crippen MR) is 91.4 cm³/mol. The maximum Gasteiger partial charge on any atom is 0.0731 e. The van der Waals surface area contributed by atoms with Gasteiger partial charge in [-0.1, -0.05) is 12.1 Å². The number of likely N-dealkylation sites (N-methyl/N-ethyl adjacent to an activating group) is 1. The lowest BCUT2D eigenvalue weighted by atomic mass is 10.0. The van der Waals surface area contributed by atoms with Crippen LogP contribution in [0.4, 0.5) is 0 Å². The van der Waals surface area contributed by atoms with Crippen molar-refractivity contribution >= 4 is 49.9 Å². The summed E-state index contributed by atoms with van der Waals surface area (Å²) >= 11 is 7.76. The third-order valence-electron chi connectivity index (χ3n) is 2.92. The van der Waals surface area contributed by atoms with E-state index < -0.39 is 0 Å². The van der Waals surface area contributed by atoms with Gasteiger partial charge < -0.3 is 5.32 Å². The van der Waals surface area contributed by atoms with E-state index in [0.29, 0.717) is 6.04 Å². The average Bonchev–Trinajstić information content (AvgIpc) is 2.69. The molecule has 0 saturated carbocycles. The zero-order chi connectivity index (χ0) is 13.1. The van der Waals surface area contributed by atoms with Crippen LogP contribution in [-0.2, 0) is 6.42 Å². The topological polar surface area (TPSA) is 12.0 Å². The van der Waals surface area contributed by atoms with E-state index in [1.807, 2.05) is 18.4 Å². The monoisotopic (exact) mass is 435 g/mol. The lowest BCUT2D eigenvalue weighted by molar-refractivity contribution is 0.602. The summed E-state index contributed by atoms with van der Waals surface area (Å²) in [5.41, 5.74) is 2.69. The molecule has 0 aliphatic carbocycles. The van der Waals surface area contributed by atoms with Crippen LogP contribution in [0.3, 0.4) is 0 Å². The van der Waals surface area contributed by atoms with Gasteiger partial charge in [-0.3, -0.25) is 0 Å². The molecule has 0 aliphatic heterocycles. The third kappa shape index (κ3) is 3.56. The van der Waals surface area contributed by atoms with Crippen molar-refractivity contribution in [3.8, 4) is 0 Å². The van der Waals surface area contributed by atoms with Crippen molar-refractivity contribution in [3.63, 3.8) is 0 Å². The molecule has 1 nitrogen and oxygen atoms in total. The van der Waals surface area contributed by atoms with E-state index in [2.05, 4.69) is 81.1 Å².